The third-order valence-electron chi connectivity index (χ3n) is 2.93. The third-order valence-corrected chi connectivity index (χ3v) is 2.93. The summed E-state index contributed by atoms with van der Waals surface area (Å²) in [6.45, 7) is 7.60. The minimum Gasteiger partial charge on any atom is -0.484 e. The molecule has 0 saturated carbocycles. The molecule has 1 atom stereocenters. The highest BCUT2D eigenvalue weighted by atomic mass is 16.5. The summed E-state index contributed by atoms with van der Waals surface area (Å²) in [5.41, 5.74) is 0.673. The van der Waals surface area contributed by atoms with Gasteiger partial charge in [0.1, 0.15) is 11.8 Å². The van der Waals surface area contributed by atoms with Crippen LogP contribution in [0.15, 0.2) is 24.3 Å². The maximum Gasteiger partial charge on any atom is 0.326 e. The Morgan fingerprint density at radius 1 is 1.30 bits per heavy atom. The first kappa shape index (κ1) is 19.0. The zero-order valence-corrected chi connectivity index (χ0v) is 14.1. The quantitative estimate of drug-likeness (QED) is 0.766. The average molecular weight is 323 g/mol. The van der Waals surface area contributed by atoms with Crippen LogP contribution in [0.4, 0.5) is 0 Å². The zero-order valence-electron chi connectivity index (χ0n) is 14.1. The SMILES string of the molecule is Cc1cccc(OCC(=O)NC(CCOC(C)(C)C)C(=O)O)c1. The van der Waals surface area contributed by atoms with Crippen LogP contribution in [0.25, 0.3) is 0 Å². The summed E-state index contributed by atoms with van der Waals surface area (Å²) in [5.74, 6) is -0.996. The van der Waals surface area contributed by atoms with Gasteiger partial charge in [-0.05, 0) is 45.4 Å². The number of amides is 1. The van der Waals surface area contributed by atoms with Gasteiger partial charge in [0, 0.05) is 13.0 Å². The predicted octanol–water partition coefficient (Wildman–Crippen LogP) is 2.15. The van der Waals surface area contributed by atoms with E-state index in [4.69, 9.17) is 14.6 Å². The third kappa shape index (κ3) is 8.21. The van der Waals surface area contributed by atoms with Crippen LogP contribution in [-0.4, -0.2) is 41.8 Å². The predicted molar refractivity (Wildman–Crippen MR) is 86.6 cm³/mol. The van der Waals surface area contributed by atoms with Crippen molar-refractivity contribution < 1.29 is 24.2 Å². The molecule has 1 amide bonds. The van der Waals surface area contributed by atoms with Gasteiger partial charge in [-0.1, -0.05) is 12.1 Å². The van der Waals surface area contributed by atoms with Crippen LogP contribution in [0.1, 0.15) is 32.8 Å². The number of rotatable bonds is 8. The van der Waals surface area contributed by atoms with Crippen molar-refractivity contribution in [3.8, 4) is 5.75 Å². The van der Waals surface area contributed by atoms with Crippen molar-refractivity contribution in [2.75, 3.05) is 13.2 Å². The van der Waals surface area contributed by atoms with Gasteiger partial charge < -0.3 is 19.9 Å². The van der Waals surface area contributed by atoms with Gasteiger partial charge in [0.2, 0.25) is 0 Å². The smallest absolute Gasteiger partial charge is 0.326 e. The topological polar surface area (TPSA) is 84.9 Å². The van der Waals surface area contributed by atoms with Crippen LogP contribution in [0.3, 0.4) is 0 Å². The Balaban J connectivity index is 2.43. The molecule has 0 aliphatic heterocycles. The van der Waals surface area contributed by atoms with Crippen molar-refractivity contribution in [2.24, 2.45) is 0 Å². The highest BCUT2D eigenvalue weighted by molar-refractivity contribution is 5.84. The number of carboxylic acids is 1. The molecule has 0 aromatic heterocycles. The van der Waals surface area contributed by atoms with Crippen LogP contribution in [-0.2, 0) is 14.3 Å². The van der Waals surface area contributed by atoms with E-state index in [9.17, 15) is 9.59 Å². The first-order valence-electron chi connectivity index (χ1n) is 7.53. The largest absolute Gasteiger partial charge is 0.484 e. The van der Waals surface area contributed by atoms with E-state index in [1.165, 1.54) is 0 Å². The maximum atomic E-state index is 11.8. The highest BCUT2D eigenvalue weighted by Gasteiger charge is 2.21. The van der Waals surface area contributed by atoms with Crippen LogP contribution in [0.5, 0.6) is 5.75 Å². The fraction of sp³-hybridized carbons (Fsp3) is 0.529. The summed E-state index contributed by atoms with van der Waals surface area (Å²) < 4.78 is 10.8. The summed E-state index contributed by atoms with van der Waals surface area (Å²) >= 11 is 0. The van der Waals surface area contributed by atoms with Gasteiger partial charge in [-0.15, -0.1) is 0 Å². The van der Waals surface area contributed by atoms with Gasteiger partial charge in [-0.25, -0.2) is 4.79 Å². The maximum absolute atomic E-state index is 11.8. The first-order chi connectivity index (χ1) is 10.7. The second-order valence-electron chi connectivity index (χ2n) is 6.31. The molecular formula is C17H25NO5. The van der Waals surface area contributed by atoms with Crippen molar-refractivity contribution in [3.63, 3.8) is 0 Å². The van der Waals surface area contributed by atoms with Crippen LogP contribution in [0, 0.1) is 6.92 Å². The number of carbonyl (C=O) groups excluding carboxylic acids is 1. The van der Waals surface area contributed by atoms with Crippen molar-refractivity contribution >= 4 is 11.9 Å². The van der Waals surface area contributed by atoms with E-state index in [1.807, 2.05) is 39.8 Å². The Morgan fingerprint density at radius 3 is 2.57 bits per heavy atom. The molecular weight excluding hydrogens is 298 g/mol. The Morgan fingerprint density at radius 2 is 2.00 bits per heavy atom. The molecule has 1 unspecified atom stereocenters. The molecule has 0 spiro atoms. The molecule has 0 aliphatic rings. The number of hydrogen-bond donors (Lipinski definition) is 2. The van der Waals surface area contributed by atoms with Crippen molar-refractivity contribution in [2.45, 2.75) is 45.8 Å². The average Bonchev–Trinajstić information content (AvgIpc) is 2.42. The monoisotopic (exact) mass is 323 g/mol. The summed E-state index contributed by atoms with van der Waals surface area (Å²) in [5, 5.41) is 11.6. The zero-order chi connectivity index (χ0) is 17.5. The van der Waals surface area contributed by atoms with Gasteiger partial charge in [-0.3, -0.25) is 4.79 Å². The first-order valence-corrected chi connectivity index (χ1v) is 7.53. The Kier molecular flexibility index (Phi) is 7.03. The number of carboxylic acid groups (broad SMARTS) is 1. The molecule has 0 fully saturated rings. The molecule has 0 radical (unpaired) electrons. The normalized spacial score (nSPS) is 12.5. The summed E-state index contributed by atoms with van der Waals surface area (Å²) in [4.78, 5) is 23.0. The fourth-order valence-electron chi connectivity index (χ4n) is 1.83. The van der Waals surface area contributed by atoms with E-state index in [1.54, 1.807) is 12.1 Å². The Bertz CT molecular complexity index is 536. The molecule has 0 saturated heterocycles. The van der Waals surface area contributed by atoms with Gasteiger partial charge in [-0.2, -0.15) is 0 Å². The lowest BCUT2D eigenvalue weighted by Crippen LogP contribution is -2.44. The summed E-state index contributed by atoms with van der Waals surface area (Å²) in [7, 11) is 0. The number of carbonyl (C=O) groups is 2. The molecule has 1 aromatic rings. The lowest BCUT2D eigenvalue weighted by atomic mass is 10.2. The molecule has 1 rings (SSSR count). The Hall–Kier alpha value is -2.08. The number of aliphatic carboxylic acids is 1. The number of nitrogens with one attached hydrogen (secondary N) is 1. The molecule has 1 aromatic carbocycles. The molecule has 0 bridgehead atoms. The summed E-state index contributed by atoms with van der Waals surface area (Å²) in [6.07, 6.45) is 0.197. The number of hydrogen-bond acceptors (Lipinski definition) is 4. The number of aryl methyl sites for hydroxylation is 1. The molecule has 23 heavy (non-hydrogen) atoms. The second kappa shape index (κ2) is 8.53. The second-order valence-corrected chi connectivity index (χ2v) is 6.31. The van der Waals surface area contributed by atoms with Crippen molar-refractivity contribution in [3.05, 3.63) is 29.8 Å². The van der Waals surface area contributed by atoms with E-state index in [2.05, 4.69) is 5.32 Å². The van der Waals surface area contributed by atoms with Gasteiger partial charge in [0.15, 0.2) is 6.61 Å². The minimum atomic E-state index is -1.09. The fourth-order valence-corrected chi connectivity index (χ4v) is 1.83. The molecule has 2 N–H and O–H groups in total. The van der Waals surface area contributed by atoms with Crippen LogP contribution < -0.4 is 10.1 Å². The van der Waals surface area contributed by atoms with Crippen LogP contribution >= 0.6 is 0 Å². The van der Waals surface area contributed by atoms with Gasteiger partial charge in [0.05, 0.1) is 5.60 Å². The van der Waals surface area contributed by atoms with E-state index in [0.717, 1.165) is 5.56 Å². The van der Waals surface area contributed by atoms with Gasteiger partial charge >= 0.3 is 5.97 Å². The molecule has 0 aliphatic carbocycles. The molecule has 128 valence electrons. The minimum absolute atomic E-state index is 0.197. The van der Waals surface area contributed by atoms with Gasteiger partial charge in [0.25, 0.3) is 5.91 Å². The lowest BCUT2D eigenvalue weighted by molar-refractivity contribution is -0.143. The van der Waals surface area contributed by atoms with E-state index in [-0.39, 0.29) is 25.2 Å². The summed E-state index contributed by atoms with van der Waals surface area (Å²) in [6, 6.07) is 6.30. The number of benzene rings is 1. The van der Waals surface area contributed by atoms with E-state index < -0.39 is 17.9 Å². The molecule has 6 nitrogen and oxygen atoms in total. The standard InChI is InChI=1S/C17H25NO5/c1-12-6-5-7-13(10-12)22-11-15(19)18-14(16(20)21)8-9-23-17(2,3)4/h5-7,10,14H,8-9,11H2,1-4H3,(H,18,19)(H,20,21). The van der Waals surface area contributed by atoms with Crippen molar-refractivity contribution in [1.82, 2.24) is 5.32 Å². The highest BCUT2D eigenvalue weighted by Crippen LogP contribution is 2.12. The lowest BCUT2D eigenvalue weighted by Gasteiger charge is -2.21. The van der Waals surface area contributed by atoms with E-state index >= 15 is 0 Å². The van der Waals surface area contributed by atoms with Crippen molar-refractivity contribution in [1.29, 1.82) is 0 Å². The van der Waals surface area contributed by atoms with E-state index in [0.29, 0.717) is 5.75 Å². The number of ether oxygens (including phenoxy) is 2. The van der Waals surface area contributed by atoms with Crippen LogP contribution in [0.2, 0.25) is 0 Å². The molecule has 0 heterocycles. The molecule has 6 heteroatoms. The Labute approximate surface area is 136 Å².